The maximum absolute atomic E-state index is 12.6. The van der Waals surface area contributed by atoms with E-state index in [-0.39, 0.29) is 6.03 Å². The van der Waals surface area contributed by atoms with Gasteiger partial charge < -0.3 is 24.3 Å². The number of aromatic nitrogens is 1. The van der Waals surface area contributed by atoms with Crippen molar-refractivity contribution >= 4 is 22.6 Å². The molecule has 2 amide bonds. The van der Waals surface area contributed by atoms with Crippen molar-refractivity contribution in [1.82, 2.24) is 9.47 Å². The van der Waals surface area contributed by atoms with E-state index in [0.29, 0.717) is 31.2 Å². The smallest absolute Gasteiger partial charge is 0.321 e. The van der Waals surface area contributed by atoms with Crippen LogP contribution in [0.1, 0.15) is 32.3 Å². The first kappa shape index (κ1) is 23.7. The summed E-state index contributed by atoms with van der Waals surface area (Å²) in [6.07, 6.45) is 2.09. The van der Waals surface area contributed by atoms with E-state index < -0.39 is 0 Å². The lowest BCUT2D eigenvalue weighted by molar-refractivity contribution is 0.146. The molecule has 0 aliphatic carbocycles. The first-order chi connectivity index (χ1) is 16.5. The van der Waals surface area contributed by atoms with Gasteiger partial charge in [-0.2, -0.15) is 5.26 Å². The van der Waals surface area contributed by atoms with Crippen molar-refractivity contribution in [3.8, 4) is 23.1 Å². The molecule has 3 aromatic rings. The predicted octanol–water partition coefficient (Wildman–Crippen LogP) is 5.49. The van der Waals surface area contributed by atoms with Gasteiger partial charge in [0.25, 0.3) is 0 Å². The summed E-state index contributed by atoms with van der Waals surface area (Å²) in [6.45, 7) is 7.58. The molecule has 7 heteroatoms. The zero-order valence-electron chi connectivity index (χ0n) is 20.1. The predicted molar refractivity (Wildman–Crippen MR) is 134 cm³/mol. The highest BCUT2D eigenvalue weighted by molar-refractivity contribution is 5.96. The number of amides is 2. The van der Waals surface area contributed by atoms with Crippen LogP contribution in [0.4, 0.5) is 10.5 Å². The first-order valence-electron chi connectivity index (χ1n) is 11.9. The van der Waals surface area contributed by atoms with Gasteiger partial charge in [0.05, 0.1) is 23.4 Å². The maximum Gasteiger partial charge on any atom is 0.321 e. The standard InChI is InChI=1S/C27H32N4O3/c1-4-31-25-17-22(34-16-15-33-3)9-10-23(25)24(18-28)26(31)20-5-7-21(8-6-20)29-27(32)30-13-11-19(2)12-14-30/h5-10,17,19H,4,11-16H2,1-3H3,(H,29,32). The monoisotopic (exact) mass is 460 g/mol. The molecule has 1 fully saturated rings. The van der Waals surface area contributed by atoms with Gasteiger partial charge in [-0.05, 0) is 55.5 Å². The number of aryl methyl sites for hydroxylation is 1. The molecular formula is C27H32N4O3. The van der Waals surface area contributed by atoms with Crippen LogP contribution in [0.25, 0.3) is 22.2 Å². The lowest BCUT2D eigenvalue weighted by Gasteiger charge is -2.30. The van der Waals surface area contributed by atoms with Gasteiger partial charge in [0.2, 0.25) is 0 Å². The Hall–Kier alpha value is -3.50. The number of likely N-dealkylation sites (tertiary alicyclic amines) is 1. The number of methoxy groups -OCH3 is 1. The average Bonchev–Trinajstić information content (AvgIpc) is 3.17. The molecule has 1 N–H and O–H groups in total. The van der Waals surface area contributed by atoms with E-state index in [2.05, 4.69) is 29.8 Å². The van der Waals surface area contributed by atoms with Gasteiger partial charge >= 0.3 is 6.03 Å². The molecule has 178 valence electrons. The minimum Gasteiger partial charge on any atom is -0.491 e. The number of carbonyl (C=O) groups is 1. The van der Waals surface area contributed by atoms with E-state index in [1.54, 1.807) is 7.11 Å². The third-order valence-electron chi connectivity index (χ3n) is 6.50. The summed E-state index contributed by atoms with van der Waals surface area (Å²) >= 11 is 0. The number of nitrogens with zero attached hydrogens (tertiary/aromatic N) is 3. The highest BCUT2D eigenvalue weighted by Crippen LogP contribution is 2.35. The molecule has 1 aliphatic heterocycles. The van der Waals surface area contributed by atoms with Gasteiger partial charge in [0.15, 0.2) is 0 Å². The van der Waals surface area contributed by atoms with Crippen LogP contribution < -0.4 is 10.1 Å². The number of nitriles is 1. The molecule has 0 saturated carbocycles. The van der Waals surface area contributed by atoms with Crippen molar-refractivity contribution < 1.29 is 14.3 Å². The molecule has 0 bridgehead atoms. The summed E-state index contributed by atoms with van der Waals surface area (Å²) in [5.74, 6) is 1.42. The molecule has 1 aromatic heterocycles. The molecular weight excluding hydrogens is 428 g/mol. The number of nitrogens with one attached hydrogen (secondary N) is 1. The molecule has 0 unspecified atom stereocenters. The Kier molecular flexibility index (Phi) is 7.39. The van der Waals surface area contributed by atoms with Gasteiger partial charge in [-0.1, -0.05) is 19.1 Å². The van der Waals surface area contributed by atoms with Gasteiger partial charge in [-0.25, -0.2) is 4.79 Å². The summed E-state index contributed by atoms with van der Waals surface area (Å²) in [4.78, 5) is 14.5. The van der Waals surface area contributed by atoms with Crippen LogP contribution >= 0.6 is 0 Å². The zero-order chi connectivity index (χ0) is 24.1. The van der Waals surface area contributed by atoms with E-state index in [9.17, 15) is 10.1 Å². The van der Waals surface area contributed by atoms with Crippen molar-refractivity contribution in [2.24, 2.45) is 5.92 Å². The van der Waals surface area contributed by atoms with Crippen molar-refractivity contribution in [2.45, 2.75) is 33.2 Å². The Balaban J connectivity index is 1.60. The Morgan fingerprint density at radius 3 is 2.53 bits per heavy atom. The maximum atomic E-state index is 12.6. The lowest BCUT2D eigenvalue weighted by Crippen LogP contribution is -2.40. The largest absolute Gasteiger partial charge is 0.491 e. The number of ether oxygens (including phenoxy) is 2. The van der Waals surface area contributed by atoms with E-state index in [0.717, 1.165) is 59.5 Å². The van der Waals surface area contributed by atoms with Crippen molar-refractivity contribution in [2.75, 3.05) is 38.7 Å². The van der Waals surface area contributed by atoms with Crippen LogP contribution in [-0.2, 0) is 11.3 Å². The normalized spacial score (nSPS) is 14.2. The van der Waals surface area contributed by atoms with Crippen LogP contribution in [0, 0.1) is 17.2 Å². The van der Waals surface area contributed by atoms with Gasteiger partial charge in [0, 0.05) is 43.9 Å². The van der Waals surface area contributed by atoms with Crippen molar-refractivity contribution in [1.29, 1.82) is 5.26 Å². The molecule has 7 nitrogen and oxygen atoms in total. The number of hydrogen-bond donors (Lipinski definition) is 1. The van der Waals surface area contributed by atoms with E-state index in [4.69, 9.17) is 9.47 Å². The summed E-state index contributed by atoms with van der Waals surface area (Å²) in [5, 5.41) is 13.9. The fourth-order valence-electron chi connectivity index (χ4n) is 4.53. The number of benzene rings is 2. The fourth-order valence-corrected chi connectivity index (χ4v) is 4.53. The third kappa shape index (κ3) is 4.87. The minimum absolute atomic E-state index is 0.0546. The highest BCUT2D eigenvalue weighted by Gasteiger charge is 2.21. The fraction of sp³-hybridized carbons (Fsp3) is 0.407. The Labute approximate surface area is 200 Å². The molecule has 0 radical (unpaired) electrons. The SMILES string of the molecule is CCn1c(-c2ccc(NC(=O)N3CCC(C)CC3)cc2)c(C#N)c2ccc(OCCOC)cc21. The molecule has 1 saturated heterocycles. The molecule has 2 aromatic carbocycles. The summed E-state index contributed by atoms with van der Waals surface area (Å²) in [5.41, 5.74) is 4.15. The number of anilines is 1. The summed E-state index contributed by atoms with van der Waals surface area (Å²) < 4.78 is 13.0. The van der Waals surface area contributed by atoms with Crippen LogP contribution in [-0.4, -0.2) is 48.9 Å². The minimum atomic E-state index is -0.0546. The van der Waals surface area contributed by atoms with Crippen LogP contribution in [0.5, 0.6) is 5.75 Å². The van der Waals surface area contributed by atoms with Crippen LogP contribution in [0.2, 0.25) is 0 Å². The van der Waals surface area contributed by atoms with Crippen LogP contribution in [0.15, 0.2) is 42.5 Å². The molecule has 0 atom stereocenters. The zero-order valence-corrected chi connectivity index (χ0v) is 20.1. The van der Waals surface area contributed by atoms with Gasteiger partial charge in [-0.3, -0.25) is 0 Å². The molecule has 34 heavy (non-hydrogen) atoms. The van der Waals surface area contributed by atoms with Crippen LogP contribution in [0.3, 0.4) is 0 Å². The van der Waals surface area contributed by atoms with Crippen molar-refractivity contribution in [3.63, 3.8) is 0 Å². The number of carbonyl (C=O) groups excluding carboxylic acids is 1. The number of piperidine rings is 1. The highest BCUT2D eigenvalue weighted by atomic mass is 16.5. The van der Waals surface area contributed by atoms with E-state index >= 15 is 0 Å². The number of rotatable bonds is 7. The molecule has 1 aliphatic rings. The van der Waals surface area contributed by atoms with Crippen molar-refractivity contribution in [3.05, 3.63) is 48.0 Å². The first-order valence-corrected chi connectivity index (χ1v) is 11.9. The second-order valence-electron chi connectivity index (χ2n) is 8.78. The third-order valence-corrected chi connectivity index (χ3v) is 6.50. The molecule has 2 heterocycles. The van der Waals surface area contributed by atoms with E-state index in [1.165, 1.54) is 0 Å². The molecule has 4 rings (SSSR count). The van der Waals surface area contributed by atoms with Gasteiger partial charge in [0.1, 0.15) is 18.4 Å². The van der Waals surface area contributed by atoms with E-state index in [1.807, 2.05) is 47.4 Å². The Morgan fingerprint density at radius 2 is 1.88 bits per heavy atom. The summed E-state index contributed by atoms with van der Waals surface area (Å²) in [7, 11) is 1.64. The average molecular weight is 461 g/mol. The quantitative estimate of drug-likeness (QED) is 0.473. The lowest BCUT2D eigenvalue weighted by atomic mass is 10.00. The number of fused-ring (bicyclic) bond motifs is 1. The number of urea groups is 1. The molecule has 0 spiro atoms. The van der Waals surface area contributed by atoms with Gasteiger partial charge in [-0.15, -0.1) is 0 Å². The summed E-state index contributed by atoms with van der Waals surface area (Å²) in [6, 6.07) is 15.9. The second-order valence-corrected chi connectivity index (χ2v) is 8.78. The second kappa shape index (κ2) is 10.6. The Morgan fingerprint density at radius 1 is 1.15 bits per heavy atom. The number of hydrogen-bond acceptors (Lipinski definition) is 4. The topological polar surface area (TPSA) is 79.5 Å². The Bertz CT molecular complexity index is 1190.